The normalized spacial score (nSPS) is 16.6. The average molecular weight is 361 g/mol. The lowest BCUT2D eigenvalue weighted by atomic mass is 9.74. The molecule has 0 saturated carbocycles. The molecule has 1 aromatic carbocycles. The van der Waals surface area contributed by atoms with Crippen LogP contribution < -0.4 is 5.32 Å². The van der Waals surface area contributed by atoms with Gasteiger partial charge in [-0.25, -0.2) is 4.39 Å². The Labute approximate surface area is 151 Å². The number of carbonyl (C=O) groups excluding carboxylic acids is 1. The standard InChI is InChI=1S/C18H24FN5O2/c1-13(2)24-22-16(21-23-24)11-17(25)20-12-18(7-9-26-10-8-18)14-5-3-4-6-15(14)19/h3-6,13H,7-12H2,1-2H3,(H,20,25). The quantitative estimate of drug-likeness (QED) is 0.848. The van der Waals surface area contributed by atoms with Gasteiger partial charge in [0.25, 0.3) is 0 Å². The first-order valence-electron chi connectivity index (χ1n) is 8.88. The first-order chi connectivity index (χ1) is 12.5. The molecular formula is C18H24FN5O2. The first-order valence-corrected chi connectivity index (χ1v) is 8.88. The topological polar surface area (TPSA) is 81.9 Å². The number of halogens is 1. The van der Waals surface area contributed by atoms with Crippen LogP contribution in [0.1, 0.15) is 44.1 Å². The number of carbonyl (C=O) groups is 1. The summed E-state index contributed by atoms with van der Waals surface area (Å²) in [5.41, 5.74) is 0.176. The molecule has 2 heterocycles. The minimum Gasteiger partial charge on any atom is -0.381 e. The van der Waals surface area contributed by atoms with Crippen molar-refractivity contribution < 1.29 is 13.9 Å². The molecule has 1 aromatic heterocycles. The molecule has 0 aliphatic carbocycles. The molecule has 1 aliphatic heterocycles. The van der Waals surface area contributed by atoms with Crippen molar-refractivity contribution in [1.29, 1.82) is 0 Å². The van der Waals surface area contributed by atoms with Crippen molar-refractivity contribution in [2.24, 2.45) is 0 Å². The average Bonchev–Trinajstić information content (AvgIpc) is 3.10. The molecule has 7 nitrogen and oxygen atoms in total. The van der Waals surface area contributed by atoms with Gasteiger partial charge in [0.15, 0.2) is 5.82 Å². The molecule has 0 radical (unpaired) electrons. The third-order valence-electron chi connectivity index (χ3n) is 4.77. The van der Waals surface area contributed by atoms with Gasteiger partial charge in [0, 0.05) is 25.2 Å². The Morgan fingerprint density at radius 3 is 2.73 bits per heavy atom. The largest absolute Gasteiger partial charge is 0.381 e. The highest BCUT2D eigenvalue weighted by Crippen LogP contribution is 2.35. The van der Waals surface area contributed by atoms with E-state index < -0.39 is 5.41 Å². The number of rotatable bonds is 6. The monoisotopic (exact) mass is 361 g/mol. The van der Waals surface area contributed by atoms with Gasteiger partial charge in [-0.3, -0.25) is 4.79 Å². The Morgan fingerprint density at radius 2 is 2.08 bits per heavy atom. The molecule has 0 spiro atoms. The van der Waals surface area contributed by atoms with E-state index in [1.165, 1.54) is 10.9 Å². The zero-order valence-electron chi connectivity index (χ0n) is 15.1. The summed E-state index contributed by atoms with van der Waals surface area (Å²) in [6.45, 7) is 5.33. The van der Waals surface area contributed by atoms with Crippen LogP contribution in [-0.4, -0.2) is 45.9 Å². The van der Waals surface area contributed by atoms with Crippen molar-refractivity contribution in [3.8, 4) is 0 Å². The molecule has 1 N–H and O–H groups in total. The fourth-order valence-corrected chi connectivity index (χ4v) is 3.21. The zero-order valence-corrected chi connectivity index (χ0v) is 15.1. The van der Waals surface area contributed by atoms with E-state index in [0.717, 1.165) is 0 Å². The summed E-state index contributed by atoms with van der Waals surface area (Å²) >= 11 is 0. The van der Waals surface area contributed by atoms with Crippen molar-refractivity contribution in [2.75, 3.05) is 19.8 Å². The molecule has 0 bridgehead atoms. The van der Waals surface area contributed by atoms with Gasteiger partial charge in [0.2, 0.25) is 5.91 Å². The van der Waals surface area contributed by atoms with Gasteiger partial charge in [0.1, 0.15) is 5.82 Å². The summed E-state index contributed by atoms with van der Waals surface area (Å²) in [5.74, 6) is -0.0659. The van der Waals surface area contributed by atoms with Crippen LogP contribution in [0.2, 0.25) is 0 Å². The van der Waals surface area contributed by atoms with Gasteiger partial charge >= 0.3 is 0 Å². The molecule has 1 aliphatic rings. The maximum Gasteiger partial charge on any atom is 0.227 e. The van der Waals surface area contributed by atoms with Crippen molar-refractivity contribution in [1.82, 2.24) is 25.5 Å². The van der Waals surface area contributed by atoms with E-state index >= 15 is 0 Å². The van der Waals surface area contributed by atoms with Crippen LogP contribution in [0, 0.1) is 5.82 Å². The van der Waals surface area contributed by atoms with E-state index in [4.69, 9.17) is 4.74 Å². The van der Waals surface area contributed by atoms with E-state index in [1.54, 1.807) is 12.1 Å². The lowest BCUT2D eigenvalue weighted by Gasteiger charge is -2.38. The second-order valence-electron chi connectivity index (χ2n) is 6.95. The molecule has 2 aromatic rings. The highest BCUT2D eigenvalue weighted by molar-refractivity contribution is 5.77. The number of tetrazole rings is 1. The number of ether oxygens (including phenoxy) is 1. The number of nitrogens with zero attached hydrogens (tertiary/aromatic N) is 4. The Balaban J connectivity index is 1.68. The van der Waals surface area contributed by atoms with Crippen LogP contribution in [0.15, 0.2) is 24.3 Å². The number of hydrogen-bond acceptors (Lipinski definition) is 5. The van der Waals surface area contributed by atoms with Gasteiger partial charge in [0.05, 0.1) is 12.5 Å². The fraction of sp³-hybridized carbons (Fsp3) is 0.556. The third-order valence-corrected chi connectivity index (χ3v) is 4.77. The summed E-state index contributed by atoms with van der Waals surface area (Å²) < 4.78 is 19.8. The van der Waals surface area contributed by atoms with Gasteiger partial charge in [-0.15, -0.1) is 10.2 Å². The zero-order chi connectivity index (χ0) is 18.6. The van der Waals surface area contributed by atoms with Crippen molar-refractivity contribution >= 4 is 5.91 Å². The van der Waals surface area contributed by atoms with Gasteiger partial charge in [-0.2, -0.15) is 4.80 Å². The second-order valence-corrected chi connectivity index (χ2v) is 6.95. The summed E-state index contributed by atoms with van der Waals surface area (Å²) in [6, 6.07) is 6.84. The molecule has 1 saturated heterocycles. The Kier molecular flexibility index (Phi) is 5.61. The van der Waals surface area contributed by atoms with E-state index in [1.807, 2.05) is 19.9 Å². The maximum atomic E-state index is 14.4. The smallest absolute Gasteiger partial charge is 0.227 e. The van der Waals surface area contributed by atoms with E-state index in [2.05, 4.69) is 20.7 Å². The molecule has 140 valence electrons. The van der Waals surface area contributed by atoms with Crippen LogP contribution in [0.4, 0.5) is 4.39 Å². The number of amides is 1. The van der Waals surface area contributed by atoms with E-state index in [0.29, 0.717) is 44.0 Å². The highest BCUT2D eigenvalue weighted by Gasteiger charge is 2.36. The SMILES string of the molecule is CC(C)n1nnc(CC(=O)NCC2(c3ccccc3F)CCOCC2)n1. The molecule has 0 unspecified atom stereocenters. The Morgan fingerprint density at radius 1 is 1.35 bits per heavy atom. The van der Waals surface area contributed by atoms with Crippen molar-refractivity contribution in [3.63, 3.8) is 0 Å². The Bertz CT molecular complexity index is 756. The summed E-state index contributed by atoms with van der Waals surface area (Å²) in [7, 11) is 0. The molecule has 26 heavy (non-hydrogen) atoms. The van der Waals surface area contributed by atoms with Crippen molar-refractivity contribution in [3.05, 3.63) is 41.5 Å². The Hall–Kier alpha value is -2.35. The number of benzene rings is 1. The first kappa shape index (κ1) is 18.4. The minimum absolute atomic E-state index is 0.0522. The lowest BCUT2D eigenvalue weighted by molar-refractivity contribution is -0.121. The predicted molar refractivity (Wildman–Crippen MR) is 93.0 cm³/mol. The van der Waals surface area contributed by atoms with Gasteiger partial charge in [-0.05, 0) is 43.5 Å². The highest BCUT2D eigenvalue weighted by atomic mass is 19.1. The molecule has 0 atom stereocenters. The number of nitrogens with one attached hydrogen (secondary N) is 1. The van der Waals surface area contributed by atoms with E-state index in [-0.39, 0.29) is 24.2 Å². The molecular weight excluding hydrogens is 337 g/mol. The third kappa shape index (κ3) is 4.07. The van der Waals surface area contributed by atoms with Gasteiger partial charge in [-0.1, -0.05) is 18.2 Å². The maximum absolute atomic E-state index is 14.4. The van der Waals surface area contributed by atoms with Crippen LogP contribution in [0.25, 0.3) is 0 Å². The lowest BCUT2D eigenvalue weighted by Crippen LogP contribution is -2.45. The van der Waals surface area contributed by atoms with Crippen LogP contribution in [-0.2, 0) is 21.4 Å². The van der Waals surface area contributed by atoms with Gasteiger partial charge < -0.3 is 10.1 Å². The van der Waals surface area contributed by atoms with Crippen LogP contribution >= 0.6 is 0 Å². The molecule has 3 rings (SSSR count). The summed E-state index contributed by atoms with van der Waals surface area (Å²) in [6.07, 6.45) is 1.38. The minimum atomic E-state index is -0.456. The van der Waals surface area contributed by atoms with Crippen LogP contribution in [0.3, 0.4) is 0 Å². The predicted octanol–water partition coefficient (Wildman–Crippen LogP) is 1.80. The number of aromatic nitrogens is 4. The molecule has 8 heteroatoms. The van der Waals surface area contributed by atoms with E-state index in [9.17, 15) is 9.18 Å². The summed E-state index contributed by atoms with van der Waals surface area (Å²) in [5, 5.41) is 14.9. The van der Waals surface area contributed by atoms with Crippen LogP contribution in [0.5, 0.6) is 0 Å². The molecule has 1 amide bonds. The second kappa shape index (κ2) is 7.90. The fourth-order valence-electron chi connectivity index (χ4n) is 3.21. The molecule has 1 fully saturated rings. The number of hydrogen-bond donors (Lipinski definition) is 1. The summed E-state index contributed by atoms with van der Waals surface area (Å²) in [4.78, 5) is 13.8. The van der Waals surface area contributed by atoms with Crippen molar-refractivity contribution in [2.45, 2.75) is 44.6 Å².